The Morgan fingerprint density at radius 3 is 2.58 bits per heavy atom. The van der Waals surface area contributed by atoms with Crippen molar-refractivity contribution in [2.24, 2.45) is 0 Å². The fraction of sp³-hybridized carbons (Fsp3) is 0. The van der Waals surface area contributed by atoms with Crippen LogP contribution < -0.4 is 5.32 Å². The van der Waals surface area contributed by atoms with E-state index in [0.29, 0.717) is 9.90 Å². The van der Waals surface area contributed by atoms with Gasteiger partial charge in [-0.15, -0.1) is 11.3 Å². The molecular formula is C17H11BrN2O4S2. The predicted octanol–water partition coefficient (Wildman–Crippen LogP) is 5.53. The molecule has 0 fully saturated rings. The fourth-order valence-corrected chi connectivity index (χ4v) is 4.66. The predicted molar refractivity (Wildman–Crippen MR) is 105 cm³/mol. The van der Waals surface area contributed by atoms with Gasteiger partial charge in [0.25, 0.3) is 11.6 Å². The lowest BCUT2D eigenvalue weighted by molar-refractivity contribution is -0.387. The highest BCUT2D eigenvalue weighted by molar-refractivity contribution is 9.10. The molecule has 132 valence electrons. The average Bonchev–Trinajstić information content (AvgIpc) is 3.01. The van der Waals surface area contributed by atoms with Crippen molar-refractivity contribution >= 4 is 56.3 Å². The Morgan fingerprint density at radius 2 is 1.92 bits per heavy atom. The van der Waals surface area contributed by atoms with Gasteiger partial charge in [-0.3, -0.25) is 14.9 Å². The topological polar surface area (TPSA) is 92.5 Å². The maximum atomic E-state index is 12.4. The largest absolute Gasteiger partial charge is 0.508 e. The van der Waals surface area contributed by atoms with Gasteiger partial charge in [-0.2, -0.15) is 0 Å². The summed E-state index contributed by atoms with van der Waals surface area (Å²) < 4.78 is 1.22. The molecule has 2 aromatic carbocycles. The van der Waals surface area contributed by atoms with Gasteiger partial charge in [0, 0.05) is 21.1 Å². The number of hydrogen-bond acceptors (Lipinski definition) is 6. The number of nitro groups is 1. The number of carbonyl (C=O) groups excluding carboxylic acids is 1. The Balaban J connectivity index is 1.85. The van der Waals surface area contributed by atoms with Crippen LogP contribution in [0.3, 0.4) is 0 Å². The van der Waals surface area contributed by atoms with Crippen molar-refractivity contribution in [1.82, 2.24) is 0 Å². The first-order chi connectivity index (χ1) is 12.4. The number of nitrogens with zero attached hydrogens (tertiary/aromatic N) is 1. The zero-order valence-corrected chi connectivity index (χ0v) is 16.2. The molecule has 3 aromatic rings. The molecule has 0 spiro atoms. The first-order valence-electron chi connectivity index (χ1n) is 7.24. The second-order valence-electron chi connectivity index (χ2n) is 5.10. The number of anilines is 1. The molecule has 6 nitrogen and oxygen atoms in total. The molecule has 0 aliphatic heterocycles. The third kappa shape index (κ3) is 4.43. The van der Waals surface area contributed by atoms with E-state index in [0.717, 1.165) is 20.7 Å². The van der Waals surface area contributed by atoms with Crippen LogP contribution in [0.2, 0.25) is 0 Å². The molecule has 0 aliphatic carbocycles. The van der Waals surface area contributed by atoms with E-state index < -0.39 is 10.8 Å². The summed E-state index contributed by atoms with van der Waals surface area (Å²) in [5.74, 6) is -0.294. The van der Waals surface area contributed by atoms with E-state index in [1.54, 1.807) is 30.3 Å². The molecule has 1 heterocycles. The maximum Gasteiger partial charge on any atom is 0.294 e. The van der Waals surface area contributed by atoms with E-state index >= 15 is 0 Å². The molecule has 3 rings (SSSR count). The Bertz CT molecular complexity index is 973. The van der Waals surface area contributed by atoms with Gasteiger partial charge < -0.3 is 10.4 Å². The normalized spacial score (nSPS) is 10.5. The van der Waals surface area contributed by atoms with Gasteiger partial charge in [0.2, 0.25) is 0 Å². The second kappa shape index (κ2) is 7.90. The van der Waals surface area contributed by atoms with Crippen LogP contribution >= 0.6 is 39.0 Å². The van der Waals surface area contributed by atoms with E-state index in [9.17, 15) is 20.0 Å². The highest BCUT2D eigenvalue weighted by Gasteiger charge is 2.23. The van der Waals surface area contributed by atoms with Crippen LogP contribution in [0.25, 0.3) is 0 Å². The van der Waals surface area contributed by atoms with Gasteiger partial charge in [-0.1, -0.05) is 33.8 Å². The molecule has 0 aliphatic rings. The zero-order valence-electron chi connectivity index (χ0n) is 13.0. The summed E-state index contributed by atoms with van der Waals surface area (Å²) in [4.78, 5) is 24.2. The molecule has 0 saturated heterocycles. The van der Waals surface area contributed by atoms with Crippen molar-refractivity contribution in [3.05, 3.63) is 74.1 Å². The fourth-order valence-electron chi connectivity index (χ4n) is 2.06. The summed E-state index contributed by atoms with van der Waals surface area (Å²) in [6, 6.07) is 14.7. The van der Waals surface area contributed by atoms with E-state index in [4.69, 9.17) is 0 Å². The number of phenolic OH excluding ortho intramolecular Hbond substituents is 1. The van der Waals surface area contributed by atoms with Crippen molar-refractivity contribution in [1.29, 1.82) is 0 Å². The van der Waals surface area contributed by atoms with Crippen molar-refractivity contribution < 1.29 is 14.8 Å². The van der Waals surface area contributed by atoms with Crippen molar-refractivity contribution in [2.45, 2.75) is 9.10 Å². The van der Waals surface area contributed by atoms with Crippen LogP contribution in [0.15, 0.2) is 68.2 Å². The van der Waals surface area contributed by atoms with Gasteiger partial charge in [0.15, 0.2) is 0 Å². The number of hydrogen-bond donors (Lipinski definition) is 2. The third-order valence-electron chi connectivity index (χ3n) is 3.23. The number of thiophene rings is 1. The summed E-state index contributed by atoms with van der Waals surface area (Å²) in [6.07, 6.45) is 0. The number of aromatic hydroxyl groups is 1. The molecule has 26 heavy (non-hydrogen) atoms. The van der Waals surface area contributed by atoms with Gasteiger partial charge >= 0.3 is 0 Å². The Labute approximate surface area is 165 Å². The quantitative estimate of drug-likeness (QED) is 0.393. The van der Waals surface area contributed by atoms with Crippen molar-refractivity contribution in [2.75, 3.05) is 5.32 Å². The van der Waals surface area contributed by atoms with Crippen LogP contribution in [0.1, 0.15) is 9.67 Å². The van der Waals surface area contributed by atoms with Crippen molar-refractivity contribution in [3.63, 3.8) is 0 Å². The third-order valence-corrected chi connectivity index (χ3v) is 6.04. The van der Waals surface area contributed by atoms with E-state index in [1.807, 2.05) is 6.07 Å². The maximum absolute atomic E-state index is 12.4. The minimum atomic E-state index is -0.505. The van der Waals surface area contributed by atoms with Crippen molar-refractivity contribution in [3.8, 4) is 5.75 Å². The molecular weight excluding hydrogens is 440 g/mol. The van der Waals surface area contributed by atoms with Crippen LogP contribution in [-0.4, -0.2) is 15.9 Å². The Morgan fingerprint density at radius 1 is 1.19 bits per heavy atom. The van der Waals surface area contributed by atoms with Crippen LogP contribution in [0, 0.1) is 10.1 Å². The molecule has 0 bridgehead atoms. The number of phenols is 1. The number of amides is 1. The number of benzene rings is 2. The highest BCUT2D eigenvalue weighted by atomic mass is 79.9. The van der Waals surface area contributed by atoms with Crippen LogP contribution in [0.5, 0.6) is 5.75 Å². The Kier molecular flexibility index (Phi) is 5.60. The lowest BCUT2D eigenvalue weighted by Crippen LogP contribution is -2.09. The molecule has 1 amide bonds. The van der Waals surface area contributed by atoms with Gasteiger partial charge in [-0.25, -0.2) is 0 Å². The molecule has 0 saturated carbocycles. The minimum Gasteiger partial charge on any atom is -0.508 e. The van der Waals surface area contributed by atoms with Crippen LogP contribution in [0.4, 0.5) is 11.4 Å². The van der Waals surface area contributed by atoms with E-state index in [-0.39, 0.29) is 16.3 Å². The lowest BCUT2D eigenvalue weighted by atomic mass is 10.3. The summed E-state index contributed by atoms with van der Waals surface area (Å²) in [5.41, 5.74) is 0.473. The second-order valence-corrected chi connectivity index (χ2v) is 8.41. The van der Waals surface area contributed by atoms with Gasteiger partial charge in [0.1, 0.15) is 14.8 Å². The monoisotopic (exact) mass is 450 g/mol. The SMILES string of the molecule is O=C(Nc1cccc(Br)c1)c1cc([N+](=O)[O-])c(Sc2ccc(O)cc2)s1. The number of rotatable bonds is 5. The van der Waals surface area contributed by atoms with Gasteiger partial charge in [-0.05, 0) is 42.5 Å². The zero-order chi connectivity index (χ0) is 18.7. The van der Waals surface area contributed by atoms with E-state index in [1.165, 1.54) is 30.0 Å². The minimum absolute atomic E-state index is 0.115. The average molecular weight is 451 g/mol. The first-order valence-corrected chi connectivity index (χ1v) is 9.67. The Hall–Kier alpha value is -2.36. The number of halogens is 1. The lowest BCUT2D eigenvalue weighted by Gasteiger charge is -2.03. The summed E-state index contributed by atoms with van der Waals surface area (Å²) in [5, 5.41) is 23.4. The molecule has 0 unspecified atom stereocenters. The standard InChI is InChI=1S/C17H11BrN2O4S2/c18-10-2-1-3-11(8-10)19-16(22)15-9-14(20(23)24)17(26-15)25-13-6-4-12(21)5-7-13/h1-9,21H,(H,19,22). The molecule has 9 heteroatoms. The summed E-state index contributed by atoms with van der Waals surface area (Å²) >= 11 is 5.56. The first kappa shape index (κ1) is 18.4. The number of nitrogens with one attached hydrogen (secondary N) is 1. The summed E-state index contributed by atoms with van der Waals surface area (Å²) in [6.45, 7) is 0. The smallest absolute Gasteiger partial charge is 0.294 e. The molecule has 1 aromatic heterocycles. The highest BCUT2D eigenvalue weighted by Crippen LogP contribution is 2.41. The summed E-state index contributed by atoms with van der Waals surface area (Å²) in [7, 11) is 0. The molecule has 2 N–H and O–H groups in total. The van der Waals surface area contributed by atoms with Gasteiger partial charge in [0.05, 0.1) is 4.92 Å². The number of carbonyl (C=O) groups is 1. The van der Waals surface area contributed by atoms with Crippen LogP contribution in [-0.2, 0) is 0 Å². The van der Waals surface area contributed by atoms with E-state index in [2.05, 4.69) is 21.2 Å². The molecule has 0 atom stereocenters. The molecule has 0 radical (unpaired) electrons.